The molecule has 8 nitrogen and oxygen atoms in total. The van der Waals surface area contributed by atoms with E-state index in [1.807, 2.05) is 30.3 Å². The van der Waals surface area contributed by atoms with Gasteiger partial charge in [0.1, 0.15) is 11.7 Å². The fraction of sp³-hybridized carbons (Fsp3) is 0.0588. The molecule has 3 rings (SSSR count). The number of primary amides is 2. The van der Waals surface area contributed by atoms with Crippen LogP contribution in [0.25, 0.3) is 10.8 Å². The Morgan fingerprint density at radius 2 is 1.72 bits per heavy atom. The standard InChI is InChI=1S/C17H15N5O3/c18-15(23)12-8-13(22-21-12)17(25)20-14(16(19)24)11-6-5-9-3-1-2-4-10(9)7-11/h1-8,14H,(H2,18,23)(H2,19,24)(H,20,25)(H,21,22). The highest BCUT2D eigenvalue weighted by atomic mass is 16.2. The van der Waals surface area contributed by atoms with Gasteiger partial charge < -0.3 is 16.8 Å². The van der Waals surface area contributed by atoms with E-state index in [4.69, 9.17) is 11.5 Å². The van der Waals surface area contributed by atoms with E-state index in [0.29, 0.717) is 5.56 Å². The van der Waals surface area contributed by atoms with E-state index in [1.54, 1.807) is 12.1 Å². The van der Waals surface area contributed by atoms with Gasteiger partial charge in [-0.05, 0) is 22.4 Å². The lowest BCUT2D eigenvalue weighted by atomic mass is 10.0. The first kappa shape index (κ1) is 16.2. The Morgan fingerprint density at radius 3 is 2.36 bits per heavy atom. The molecule has 0 aliphatic rings. The molecule has 0 aliphatic heterocycles. The van der Waals surface area contributed by atoms with Crippen molar-refractivity contribution in [2.75, 3.05) is 0 Å². The van der Waals surface area contributed by atoms with Crippen LogP contribution in [-0.2, 0) is 4.79 Å². The smallest absolute Gasteiger partial charge is 0.270 e. The first-order valence-corrected chi connectivity index (χ1v) is 7.40. The van der Waals surface area contributed by atoms with Crippen molar-refractivity contribution in [1.29, 1.82) is 0 Å². The number of fused-ring (bicyclic) bond motifs is 1. The topological polar surface area (TPSA) is 144 Å². The molecule has 0 radical (unpaired) electrons. The van der Waals surface area contributed by atoms with Crippen LogP contribution in [-0.4, -0.2) is 27.9 Å². The lowest BCUT2D eigenvalue weighted by Crippen LogP contribution is -2.37. The maximum atomic E-state index is 12.3. The number of nitrogens with two attached hydrogens (primary N) is 2. The highest BCUT2D eigenvalue weighted by molar-refractivity contribution is 5.99. The summed E-state index contributed by atoms with van der Waals surface area (Å²) in [5.41, 5.74) is 11.0. The largest absolute Gasteiger partial charge is 0.368 e. The molecule has 3 aromatic rings. The monoisotopic (exact) mass is 337 g/mol. The molecule has 2 aromatic carbocycles. The lowest BCUT2D eigenvalue weighted by molar-refractivity contribution is -0.120. The van der Waals surface area contributed by atoms with Gasteiger partial charge in [0.15, 0.2) is 5.69 Å². The molecule has 0 aliphatic carbocycles. The third-order valence-corrected chi connectivity index (χ3v) is 3.74. The molecule has 0 bridgehead atoms. The third-order valence-electron chi connectivity index (χ3n) is 3.74. The minimum Gasteiger partial charge on any atom is -0.368 e. The zero-order valence-corrected chi connectivity index (χ0v) is 13.0. The molecule has 0 saturated heterocycles. The van der Waals surface area contributed by atoms with E-state index >= 15 is 0 Å². The van der Waals surface area contributed by atoms with Crippen molar-refractivity contribution < 1.29 is 14.4 Å². The van der Waals surface area contributed by atoms with E-state index in [-0.39, 0.29) is 11.4 Å². The van der Waals surface area contributed by atoms with Gasteiger partial charge in [0.2, 0.25) is 5.91 Å². The van der Waals surface area contributed by atoms with E-state index in [0.717, 1.165) is 10.8 Å². The highest BCUT2D eigenvalue weighted by Gasteiger charge is 2.22. The normalized spacial score (nSPS) is 11.8. The zero-order valence-electron chi connectivity index (χ0n) is 13.0. The van der Waals surface area contributed by atoms with Crippen molar-refractivity contribution in [2.24, 2.45) is 11.5 Å². The first-order valence-electron chi connectivity index (χ1n) is 7.40. The van der Waals surface area contributed by atoms with Crippen molar-refractivity contribution in [3.05, 3.63) is 65.5 Å². The molecule has 25 heavy (non-hydrogen) atoms. The molecular weight excluding hydrogens is 322 g/mol. The third kappa shape index (κ3) is 3.32. The summed E-state index contributed by atoms with van der Waals surface area (Å²) in [5.74, 6) is -2.11. The highest BCUT2D eigenvalue weighted by Crippen LogP contribution is 2.20. The second-order valence-corrected chi connectivity index (χ2v) is 5.45. The Kier molecular flexibility index (Phi) is 4.17. The van der Waals surface area contributed by atoms with Crippen molar-refractivity contribution >= 4 is 28.5 Å². The van der Waals surface area contributed by atoms with Gasteiger partial charge in [-0.3, -0.25) is 19.5 Å². The Morgan fingerprint density at radius 1 is 1.00 bits per heavy atom. The Labute approximate surface area is 142 Å². The number of nitrogens with one attached hydrogen (secondary N) is 2. The predicted molar refractivity (Wildman–Crippen MR) is 90.5 cm³/mol. The first-order chi connectivity index (χ1) is 12.0. The molecule has 0 spiro atoms. The van der Waals surface area contributed by atoms with Gasteiger partial charge in [0.25, 0.3) is 11.8 Å². The molecule has 3 amide bonds. The molecule has 8 heteroatoms. The van der Waals surface area contributed by atoms with Crippen LogP contribution in [0.4, 0.5) is 0 Å². The number of hydrogen-bond acceptors (Lipinski definition) is 4. The molecule has 126 valence electrons. The molecule has 6 N–H and O–H groups in total. The lowest BCUT2D eigenvalue weighted by Gasteiger charge is -2.16. The number of aromatic nitrogens is 2. The number of H-pyrrole nitrogens is 1. The van der Waals surface area contributed by atoms with Gasteiger partial charge in [-0.1, -0.05) is 36.4 Å². The minimum atomic E-state index is -1.03. The van der Waals surface area contributed by atoms with Crippen LogP contribution in [0.1, 0.15) is 32.6 Å². The number of nitrogens with zero attached hydrogens (tertiary/aromatic N) is 1. The summed E-state index contributed by atoms with van der Waals surface area (Å²) < 4.78 is 0. The summed E-state index contributed by atoms with van der Waals surface area (Å²) in [6, 6.07) is 13.1. The number of hydrogen-bond donors (Lipinski definition) is 4. The summed E-state index contributed by atoms with van der Waals surface area (Å²) in [7, 11) is 0. The molecule has 0 fully saturated rings. The Hall–Kier alpha value is -3.68. The van der Waals surface area contributed by atoms with Crippen LogP contribution in [0.15, 0.2) is 48.5 Å². The number of rotatable bonds is 5. The van der Waals surface area contributed by atoms with Crippen LogP contribution in [0.2, 0.25) is 0 Å². The van der Waals surface area contributed by atoms with Crippen molar-refractivity contribution in [3.8, 4) is 0 Å². The summed E-state index contributed by atoms with van der Waals surface area (Å²) in [6.07, 6.45) is 0. The number of carbonyl (C=O) groups excluding carboxylic acids is 3. The number of benzene rings is 2. The fourth-order valence-corrected chi connectivity index (χ4v) is 2.48. The van der Waals surface area contributed by atoms with Crippen molar-refractivity contribution in [3.63, 3.8) is 0 Å². The second kappa shape index (κ2) is 6.44. The maximum absolute atomic E-state index is 12.3. The number of amides is 3. The summed E-state index contributed by atoms with van der Waals surface area (Å²) >= 11 is 0. The zero-order chi connectivity index (χ0) is 18.0. The summed E-state index contributed by atoms with van der Waals surface area (Å²) in [4.78, 5) is 35.2. The predicted octanol–water partition coefficient (Wildman–Crippen LogP) is 0.618. The van der Waals surface area contributed by atoms with Crippen LogP contribution in [0.3, 0.4) is 0 Å². The average molecular weight is 337 g/mol. The van der Waals surface area contributed by atoms with E-state index in [1.165, 1.54) is 6.07 Å². The average Bonchev–Trinajstić information content (AvgIpc) is 3.09. The molecule has 1 unspecified atom stereocenters. The van der Waals surface area contributed by atoms with E-state index in [2.05, 4.69) is 15.5 Å². The van der Waals surface area contributed by atoms with Crippen molar-refractivity contribution in [2.45, 2.75) is 6.04 Å². The van der Waals surface area contributed by atoms with Crippen LogP contribution in [0.5, 0.6) is 0 Å². The summed E-state index contributed by atoms with van der Waals surface area (Å²) in [6.45, 7) is 0. The van der Waals surface area contributed by atoms with Crippen LogP contribution in [0, 0.1) is 0 Å². The minimum absolute atomic E-state index is 0.000777. The Bertz CT molecular complexity index is 979. The fourth-order valence-electron chi connectivity index (χ4n) is 2.48. The van der Waals surface area contributed by atoms with Crippen LogP contribution < -0.4 is 16.8 Å². The van der Waals surface area contributed by atoms with Gasteiger partial charge >= 0.3 is 0 Å². The van der Waals surface area contributed by atoms with E-state index in [9.17, 15) is 14.4 Å². The molecule has 1 atom stereocenters. The molecule has 1 aromatic heterocycles. The number of carbonyl (C=O) groups is 3. The molecular formula is C17H15N5O3. The van der Waals surface area contributed by atoms with E-state index < -0.39 is 23.8 Å². The maximum Gasteiger partial charge on any atom is 0.270 e. The van der Waals surface area contributed by atoms with Gasteiger partial charge in [-0.15, -0.1) is 0 Å². The van der Waals surface area contributed by atoms with Crippen LogP contribution >= 0.6 is 0 Å². The quantitative estimate of drug-likeness (QED) is 0.541. The van der Waals surface area contributed by atoms with Crippen molar-refractivity contribution in [1.82, 2.24) is 15.5 Å². The van der Waals surface area contributed by atoms with Gasteiger partial charge in [-0.2, -0.15) is 5.10 Å². The second-order valence-electron chi connectivity index (χ2n) is 5.45. The number of aromatic amines is 1. The summed E-state index contributed by atoms with van der Waals surface area (Å²) in [5, 5.41) is 10.5. The van der Waals surface area contributed by atoms with Gasteiger partial charge in [0.05, 0.1) is 0 Å². The Balaban J connectivity index is 1.88. The van der Waals surface area contributed by atoms with Gasteiger partial charge in [-0.25, -0.2) is 0 Å². The molecule has 1 heterocycles. The van der Waals surface area contributed by atoms with Gasteiger partial charge in [0, 0.05) is 6.07 Å². The SMILES string of the molecule is NC(=O)c1cc(C(=O)NC(C(N)=O)c2ccc3ccccc3c2)[nH]n1. The molecule has 0 saturated carbocycles.